The molecule has 0 saturated carbocycles. The molecule has 2 aromatic carbocycles. The van der Waals surface area contributed by atoms with Gasteiger partial charge in [-0.25, -0.2) is 0 Å². The Bertz CT molecular complexity index is 656. The summed E-state index contributed by atoms with van der Waals surface area (Å²) in [5.74, 6) is 2.10. The molecule has 0 atom stereocenters. The minimum atomic E-state index is 0.0324. The van der Waals surface area contributed by atoms with Crippen molar-refractivity contribution in [2.75, 3.05) is 19.0 Å². The van der Waals surface area contributed by atoms with Crippen LogP contribution in [-0.2, 0) is 6.54 Å². The lowest BCUT2D eigenvalue weighted by Gasteiger charge is -2.17. The fourth-order valence-electron chi connectivity index (χ4n) is 2.25. The van der Waals surface area contributed by atoms with Crippen LogP contribution in [0.4, 0.5) is 5.69 Å². The highest BCUT2D eigenvalue weighted by Crippen LogP contribution is 2.37. The van der Waals surface area contributed by atoms with Gasteiger partial charge in [-0.05, 0) is 62.7 Å². The fourth-order valence-corrected chi connectivity index (χ4v) is 2.53. The van der Waals surface area contributed by atoms with Gasteiger partial charge < -0.3 is 19.5 Å². The van der Waals surface area contributed by atoms with Crippen LogP contribution in [0.1, 0.15) is 26.3 Å². The Kier molecular flexibility index (Phi) is 6.62. The van der Waals surface area contributed by atoms with Crippen LogP contribution in [0.25, 0.3) is 0 Å². The molecule has 0 aliphatic heterocycles. The first-order valence-electron chi connectivity index (χ1n) is 8.03. The topological polar surface area (TPSA) is 39.7 Å². The highest BCUT2D eigenvalue weighted by atomic mass is 35.5. The lowest BCUT2D eigenvalue weighted by Crippen LogP contribution is -2.09. The van der Waals surface area contributed by atoms with E-state index in [-0.39, 0.29) is 6.10 Å². The van der Waals surface area contributed by atoms with E-state index >= 15 is 0 Å². The van der Waals surface area contributed by atoms with Crippen molar-refractivity contribution < 1.29 is 14.2 Å². The first kappa shape index (κ1) is 18.3. The summed E-state index contributed by atoms with van der Waals surface area (Å²) in [7, 11) is 1.65. The molecule has 130 valence electrons. The minimum absolute atomic E-state index is 0.0324. The Balaban J connectivity index is 2.14. The molecule has 0 radical (unpaired) electrons. The third-order valence-electron chi connectivity index (χ3n) is 3.31. The fraction of sp³-hybridized carbons (Fsp3) is 0.368. The van der Waals surface area contributed by atoms with Gasteiger partial charge in [0.25, 0.3) is 0 Å². The van der Waals surface area contributed by atoms with Gasteiger partial charge in [-0.15, -0.1) is 0 Å². The van der Waals surface area contributed by atoms with Crippen molar-refractivity contribution in [3.05, 3.63) is 47.0 Å². The highest BCUT2D eigenvalue weighted by Gasteiger charge is 2.14. The molecule has 2 aromatic rings. The normalized spacial score (nSPS) is 10.6. The molecule has 0 saturated heterocycles. The van der Waals surface area contributed by atoms with E-state index in [0.717, 1.165) is 17.0 Å². The van der Waals surface area contributed by atoms with Gasteiger partial charge in [0.05, 0.1) is 24.8 Å². The zero-order valence-corrected chi connectivity index (χ0v) is 15.3. The summed E-state index contributed by atoms with van der Waals surface area (Å²) in [4.78, 5) is 0. The zero-order valence-electron chi connectivity index (χ0n) is 14.6. The second kappa shape index (κ2) is 8.69. The molecule has 0 aliphatic rings. The Morgan fingerprint density at radius 3 is 2.42 bits per heavy atom. The maximum atomic E-state index is 6.39. The number of hydrogen-bond donors (Lipinski definition) is 1. The quantitative estimate of drug-likeness (QED) is 0.715. The lowest BCUT2D eigenvalue weighted by atomic mass is 10.2. The summed E-state index contributed by atoms with van der Waals surface area (Å²) in [5, 5.41) is 3.92. The van der Waals surface area contributed by atoms with Gasteiger partial charge in [0.15, 0.2) is 11.5 Å². The molecule has 0 aliphatic carbocycles. The third-order valence-corrected chi connectivity index (χ3v) is 3.59. The van der Waals surface area contributed by atoms with Crippen molar-refractivity contribution in [3.8, 4) is 17.2 Å². The van der Waals surface area contributed by atoms with Crippen molar-refractivity contribution in [1.29, 1.82) is 0 Å². The zero-order chi connectivity index (χ0) is 17.5. The minimum Gasteiger partial charge on any atom is -0.497 e. The molecule has 4 nitrogen and oxygen atoms in total. The van der Waals surface area contributed by atoms with E-state index in [1.165, 1.54) is 0 Å². The van der Waals surface area contributed by atoms with Crippen molar-refractivity contribution in [3.63, 3.8) is 0 Å². The Hall–Kier alpha value is -2.07. The molecule has 0 fully saturated rings. The van der Waals surface area contributed by atoms with Gasteiger partial charge in [-0.3, -0.25) is 0 Å². The number of ether oxygens (including phenoxy) is 3. The molecular formula is C19H24ClNO3. The van der Waals surface area contributed by atoms with Gasteiger partial charge in [0, 0.05) is 12.2 Å². The summed E-state index contributed by atoms with van der Waals surface area (Å²) < 4.78 is 16.6. The average Bonchev–Trinajstić information content (AvgIpc) is 2.56. The molecule has 0 spiro atoms. The second-order valence-electron chi connectivity index (χ2n) is 5.59. The number of rotatable bonds is 8. The Morgan fingerprint density at radius 1 is 1.12 bits per heavy atom. The van der Waals surface area contributed by atoms with Crippen molar-refractivity contribution in [2.45, 2.75) is 33.4 Å². The molecule has 1 N–H and O–H groups in total. The smallest absolute Gasteiger partial charge is 0.180 e. The van der Waals surface area contributed by atoms with Crippen LogP contribution in [0.15, 0.2) is 36.4 Å². The number of nitrogens with one attached hydrogen (secondary N) is 1. The van der Waals surface area contributed by atoms with Crippen LogP contribution >= 0.6 is 11.6 Å². The number of halogens is 1. The maximum absolute atomic E-state index is 6.39. The second-order valence-corrected chi connectivity index (χ2v) is 5.99. The van der Waals surface area contributed by atoms with Crippen molar-refractivity contribution in [2.24, 2.45) is 0 Å². The van der Waals surface area contributed by atoms with Crippen LogP contribution in [-0.4, -0.2) is 19.8 Å². The predicted octanol–water partition coefficient (Wildman–Crippen LogP) is 5.15. The first-order chi connectivity index (χ1) is 11.5. The van der Waals surface area contributed by atoms with Crippen LogP contribution in [0.5, 0.6) is 17.2 Å². The van der Waals surface area contributed by atoms with Crippen LogP contribution < -0.4 is 19.5 Å². The summed E-state index contributed by atoms with van der Waals surface area (Å²) in [6, 6.07) is 11.6. The molecule has 0 heterocycles. The number of benzene rings is 2. The van der Waals surface area contributed by atoms with Crippen LogP contribution in [0.2, 0.25) is 5.02 Å². The molecule has 0 amide bonds. The Morgan fingerprint density at radius 2 is 1.83 bits per heavy atom. The Labute approximate surface area is 148 Å². The van der Waals surface area contributed by atoms with E-state index in [4.69, 9.17) is 25.8 Å². The van der Waals surface area contributed by atoms with Gasteiger partial charge in [0.2, 0.25) is 0 Å². The predicted molar refractivity (Wildman–Crippen MR) is 98.7 cm³/mol. The van der Waals surface area contributed by atoms with E-state index in [9.17, 15) is 0 Å². The first-order valence-corrected chi connectivity index (χ1v) is 8.41. The SMILES string of the molecule is CCOc1cc(CNc2ccc(OC)cc2)cc(Cl)c1OC(C)C. The van der Waals surface area contributed by atoms with Gasteiger partial charge in [-0.2, -0.15) is 0 Å². The standard InChI is InChI=1S/C19H24ClNO3/c1-5-23-18-11-14(10-17(20)19(18)24-13(2)3)12-21-15-6-8-16(22-4)9-7-15/h6-11,13,21H,5,12H2,1-4H3. The van der Waals surface area contributed by atoms with Crippen LogP contribution in [0, 0.1) is 0 Å². The number of anilines is 1. The summed E-state index contributed by atoms with van der Waals surface area (Å²) in [5.41, 5.74) is 2.03. The largest absolute Gasteiger partial charge is 0.497 e. The summed E-state index contributed by atoms with van der Waals surface area (Å²) in [6.45, 7) is 7.06. The van der Waals surface area contributed by atoms with Crippen molar-refractivity contribution in [1.82, 2.24) is 0 Å². The molecule has 24 heavy (non-hydrogen) atoms. The number of hydrogen-bond acceptors (Lipinski definition) is 4. The van der Waals surface area contributed by atoms with E-state index in [2.05, 4.69) is 5.32 Å². The van der Waals surface area contributed by atoms with Crippen molar-refractivity contribution >= 4 is 17.3 Å². The van der Waals surface area contributed by atoms with E-state index in [0.29, 0.717) is 29.7 Å². The van der Waals surface area contributed by atoms with Gasteiger partial charge in [0.1, 0.15) is 5.75 Å². The molecule has 5 heteroatoms. The highest BCUT2D eigenvalue weighted by molar-refractivity contribution is 6.32. The maximum Gasteiger partial charge on any atom is 0.180 e. The average molecular weight is 350 g/mol. The van der Waals surface area contributed by atoms with E-state index in [1.807, 2.05) is 57.2 Å². The van der Waals surface area contributed by atoms with Gasteiger partial charge in [-0.1, -0.05) is 11.6 Å². The lowest BCUT2D eigenvalue weighted by molar-refractivity contribution is 0.224. The molecule has 0 bridgehead atoms. The molecular weight excluding hydrogens is 326 g/mol. The van der Waals surface area contributed by atoms with Crippen LogP contribution in [0.3, 0.4) is 0 Å². The van der Waals surface area contributed by atoms with E-state index in [1.54, 1.807) is 7.11 Å². The summed E-state index contributed by atoms with van der Waals surface area (Å²) >= 11 is 6.39. The number of methoxy groups -OCH3 is 1. The van der Waals surface area contributed by atoms with E-state index < -0.39 is 0 Å². The monoisotopic (exact) mass is 349 g/mol. The molecule has 0 aromatic heterocycles. The summed E-state index contributed by atoms with van der Waals surface area (Å²) in [6.07, 6.45) is 0.0324. The van der Waals surface area contributed by atoms with Gasteiger partial charge >= 0.3 is 0 Å². The molecule has 2 rings (SSSR count). The molecule has 0 unspecified atom stereocenters. The third kappa shape index (κ3) is 4.96.